The van der Waals surface area contributed by atoms with Crippen LogP contribution in [0.15, 0.2) is 29.2 Å². The molecule has 5 nitrogen and oxygen atoms in total. The number of nitrogens with zero attached hydrogens (tertiary/aromatic N) is 1. The number of benzene rings is 1. The third-order valence-electron chi connectivity index (χ3n) is 2.60. The van der Waals surface area contributed by atoms with Crippen molar-refractivity contribution in [3.8, 4) is 0 Å². The average molecular weight is 367 g/mol. The molecule has 9 heteroatoms. The second-order valence-corrected chi connectivity index (χ2v) is 7.03. The third kappa shape index (κ3) is 3.52. The molecule has 21 heavy (non-hydrogen) atoms. The Bertz CT molecular complexity index is 786. The number of nitrogens with two attached hydrogens (primary N) is 1. The van der Waals surface area contributed by atoms with Gasteiger partial charge < -0.3 is 5.73 Å². The summed E-state index contributed by atoms with van der Waals surface area (Å²) in [6.45, 7) is 1.62. The fourth-order valence-electron chi connectivity index (χ4n) is 1.70. The zero-order valence-corrected chi connectivity index (χ0v) is 13.8. The SMILES string of the molecule is Cc1nc(Cl)ccc1NS(=O)(=O)c1c(N)cc(Cl)cc1Cl. The van der Waals surface area contributed by atoms with E-state index >= 15 is 0 Å². The Balaban J connectivity index is 2.48. The molecule has 0 aliphatic rings. The Hall–Kier alpha value is -1.21. The summed E-state index contributed by atoms with van der Waals surface area (Å²) in [5, 5.41) is 0.451. The number of nitrogen functional groups attached to an aromatic ring is 1. The Morgan fingerprint density at radius 1 is 1.19 bits per heavy atom. The fraction of sp³-hybridized carbons (Fsp3) is 0.0833. The van der Waals surface area contributed by atoms with E-state index in [2.05, 4.69) is 9.71 Å². The Morgan fingerprint density at radius 2 is 1.86 bits per heavy atom. The minimum absolute atomic E-state index is 0.0421. The second-order valence-electron chi connectivity index (χ2n) is 4.18. The predicted octanol–water partition coefficient (Wildman–Crippen LogP) is 3.73. The molecular formula is C12H10Cl3N3O2S. The molecule has 2 rings (SSSR count). The Kier molecular flexibility index (Phi) is 4.53. The quantitative estimate of drug-likeness (QED) is 0.640. The summed E-state index contributed by atoms with van der Waals surface area (Å²) in [6.07, 6.45) is 0. The van der Waals surface area contributed by atoms with Crippen LogP contribution in [0.25, 0.3) is 0 Å². The summed E-state index contributed by atoms with van der Waals surface area (Å²) >= 11 is 17.4. The first-order chi connectivity index (χ1) is 9.70. The molecule has 1 heterocycles. The molecule has 0 bridgehead atoms. The highest BCUT2D eigenvalue weighted by atomic mass is 35.5. The molecule has 1 aromatic carbocycles. The molecular weight excluding hydrogens is 357 g/mol. The number of nitrogens with one attached hydrogen (secondary N) is 1. The molecule has 0 aliphatic heterocycles. The number of rotatable bonds is 3. The molecule has 0 fully saturated rings. The van der Waals surface area contributed by atoms with Crippen molar-refractivity contribution in [2.24, 2.45) is 0 Å². The maximum atomic E-state index is 12.4. The highest BCUT2D eigenvalue weighted by molar-refractivity contribution is 7.93. The summed E-state index contributed by atoms with van der Waals surface area (Å²) in [5.41, 5.74) is 6.37. The largest absolute Gasteiger partial charge is 0.398 e. The van der Waals surface area contributed by atoms with Crippen LogP contribution in [-0.2, 0) is 10.0 Å². The number of halogens is 3. The lowest BCUT2D eigenvalue weighted by Crippen LogP contribution is -2.16. The van der Waals surface area contributed by atoms with Crippen molar-refractivity contribution in [2.45, 2.75) is 11.8 Å². The molecule has 2 aromatic rings. The number of anilines is 2. The molecule has 112 valence electrons. The molecule has 1 aromatic heterocycles. The number of hydrogen-bond acceptors (Lipinski definition) is 4. The van der Waals surface area contributed by atoms with Gasteiger partial charge in [0.05, 0.1) is 22.1 Å². The Morgan fingerprint density at radius 3 is 2.43 bits per heavy atom. The van der Waals surface area contributed by atoms with Crippen molar-refractivity contribution >= 4 is 56.2 Å². The van der Waals surface area contributed by atoms with Gasteiger partial charge in [-0.3, -0.25) is 4.72 Å². The third-order valence-corrected chi connectivity index (χ3v) is 4.92. The maximum absolute atomic E-state index is 12.4. The van der Waals surface area contributed by atoms with Crippen LogP contribution in [0.5, 0.6) is 0 Å². The van der Waals surface area contributed by atoms with Crippen LogP contribution in [0, 0.1) is 6.92 Å². The van der Waals surface area contributed by atoms with E-state index in [1.807, 2.05) is 0 Å². The van der Waals surface area contributed by atoms with E-state index in [0.717, 1.165) is 0 Å². The topological polar surface area (TPSA) is 85.1 Å². The molecule has 0 radical (unpaired) electrons. The maximum Gasteiger partial charge on any atom is 0.265 e. The minimum Gasteiger partial charge on any atom is -0.398 e. The molecule has 0 spiro atoms. The van der Waals surface area contributed by atoms with Crippen LogP contribution < -0.4 is 10.5 Å². The zero-order chi connectivity index (χ0) is 15.8. The number of pyridine rings is 1. The van der Waals surface area contributed by atoms with Gasteiger partial charge >= 0.3 is 0 Å². The van der Waals surface area contributed by atoms with Gasteiger partial charge in [-0.15, -0.1) is 0 Å². The highest BCUT2D eigenvalue weighted by Crippen LogP contribution is 2.32. The smallest absolute Gasteiger partial charge is 0.265 e. The van der Waals surface area contributed by atoms with Gasteiger partial charge in [0.1, 0.15) is 10.0 Å². The second kappa shape index (κ2) is 5.88. The molecule has 0 aliphatic carbocycles. The molecule has 0 unspecified atom stereocenters. The first-order valence-corrected chi connectivity index (χ1v) is 8.23. The lowest BCUT2D eigenvalue weighted by atomic mass is 10.3. The number of aryl methyl sites for hydroxylation is 1. The van der Waals surface area contributed by atoms with Gasteiger partial charge in [0, 0.05) is 5.02 Å². The van der Waals surface area contributed by atoms with Gasteiger partial charge in [-0.2, -0.15) is 0 Å². The van der Waals surface area contributed by atoms with E-state index in [4.69, 9.17) is 40.5 Å². The van der Waals surface area contributed by atoms with Gasteiger partial charge in [0.15, 0.2) is 0 Å². The molecule has 0 saturated heterocycles. The minimum atomic E-state index is -3.98. The summed E-state index contributed by atoms with van der Waals surface area (Å²) < 4.78 is 27.2. The predicted molar refractivity (Wildman–Crippen MR) is 85.7 cm³/mol. The number of sulfonamides is 1. The number of aromatic nitrogens is 1. The first-order valence-electron chi connectivity index (χ1n) is 5.61. The van der Waals surface area contributed by atoms with Crippen molar-refractivity contribution in [3.63, 3.8) is 0 Å². The first kappa shape index (κ1) is 16.2. The van der Waals surface area contributed by atoms with E-state index in [1.54, 1.807) is 6.92 Å². The average Bonchev–Trinajstić information content (AvgIpc) is 2.30. The lowest BCUT2D eigenvalue weighted by molar-refractivity contribution is 0.601. The summed E-state index contributed by atoms with van der Waals surface area (Å²) in [5.74, 6) is 0. The van der Waals surface area contributed by atoms with Gasteiger partial charge in [-0.05, 0) is 31.2 Å². The van der Waals surface area contributed by atoms with Gasteiger partial charge in [-0.25, -0.2) is 13.4 Å². The van der Waals surface area contributed by atoms with Crippen LogP contribution in [0.3, 0.4) is 0 Å². The standard InChI is InChI=1S/C12H10Cl3N3O2S/c1-6-10(2-3-11(15)17-6)18-21(19,20)12-8(14)4-7(13)5-9(12)16/h2-5,18H,16H2,1H3. The lowest BCUT2D eigenvalue weighted by Gasteiger charge is -2.13. The molecule has 0 atom stereocenters. The van der Waals surface area contributed by atoms with E-state index in [1.165, 1.54) is 24.3 Å². The fourth-order valence-corrected chi connectivity index (χ4v) is 3.99. The Labute approximate surface area is 137 Å². The normalized spacial score (nSPS) is 11.4. The van der Waals surface area contributed by atoms with Crippen molar-refractivity contribution in [1.82, 2.24) is 4.98 Å². The van der Waals surface area contributed by atoms with Crippen LogP contribution in [0.1, 0.15) is 5.69 Å². The van der Waals surface area contributed by atoms with Gasteiger partial charge in [0.2, 0.25) is 0 Å². The van der Waals surface area contributed by atoms with Crippen LogP contribution in [0.4, 0.5) is 11.4 Å². The van der Waals surface area contributed by atoms with E-state index < -0.39 is 10.0 Å². The van der Waals surface area contributed by atoms with Crippen LogP contribution >= 0.6 is 34.8 Å². The van der Waals surface area contributed by atoms with E-state index in [-0.39, 0.29) is 31.5 Å². The molecule has 0 amide bonds. The van der Waals surface area contributed by atoms with Crippen molar-refractivity contribution in [2.75, 3.05) is 10.5 Å². The molecule has 3 N–H and O–H groups in total. The van der Waals surface area contributed by atoms with Crippen LogP contribution in [0.2, 0.25) is 15.2 Å². The van der Waals surface area contributed by atoms with Gasteiger partial charge in [0.25, 0.3) is 10.0 Å². The van der Waals surface area contributed by atoms with Crippen molar-refractivity contribution in [1.29, 1.82) is 0 Å². The van der Waals surface area contributed by atoms with Crippen molar-refractivity contribution < 1.29 is 8.42 Å². The molecule has 0 saturated carbocycles. The van der Waals surface area contributed by atoms with E-state index in [0.29, 0.717) is 5.69 Å². The zero-order valence-electron chi connectivity index (χ0n) is 10.7. The highest BCUT2D eigenvalue weighted by Gasteiger charge is 2.23. The summed E-state index contributed by atoms with van der Waals surface area (Å²) in [4.78, 5) is 3.73. The summed E-state index contributed by atoms with van der Waals surface area (Å²) in [6, 6.07) is 5.59. The summed E-state index contributed by atoms with van der Waals surface area (Å²) in [7, 11) is -3.98. The van der Waals surface area contributed by atoms with E-state index in [9.17, 15) is 8.42 Å². The van der Waals surface area contributed by atoms with Crippen LogP contribution in [-0.4, -0.2) is 13.4 Å². The van der Waals surface area contributed by atoms with Gasteiger partial charge in [-0.1, -0.05) is 34.8 Å². The van der Waals surface area contributed by atoms with Crippen molar-refractivity contribution in [3.05, 3.63) is 45.2 Å². The monoisotopic (exact) mass is 365 g/mol. The number of hydrogen-bond donors (Lipinski definition) is 2.